The van der Waals surface area contributed by atoms with E-state index in [2.05, 4.69) is 10.6 Å². The van der Waals surface area contributed by atoms with Crippen molar-refractivity contribution in [3.63, 3.8) is 0 Å². The fourth-order valence-electron chi connectivity index (χ4n) is 2.16. The Bertz CT molecular complexity index is 772. The first-order valence-corrected chi connectivity index (χ1v) is 8.01. The molecule has 8 heteroatoms. The third kappa shape index (κ3) is 6.23. The second-order valence-electron chi connectivity index (χ2n) is 5.51. The molecule has 0 spiro atoms. The molecule has 2 aromatic rings. The fourth-order valence-corrected chi connectivity index (χ4v) is 2.16. The van der Waals surface area contributed by atoms with E-state index in [0.29, 0.717) is 24.4 Å². The Balaban J connectivity index is 1.70. The van der Waals surface area contributed by atoms with Crippen LogP contribution in [0.5, 0.6) is 5.75 Å². The summed E-state index contributed by atoms with van der Waals surface area (Å²) in [6.45, 7) is 1.95. The van der Waals surface area contributed by atoms with Gasteiger partial charge >= 0.3 is 5.97 Å². The van der Waals surface area contributed by atoms with Gasteiger partial charge in [0.2, 0.25) is 5.91 Å². The Morgan fingerprint density at radius 2 is 1.65 bits per heavy atom. The molecule has 1 amide bonds. The zero-order valence-electron chi connectivity index (χ0n) is 14.2. The van der Waals surface area contributed by atoms with Gasteiger partial charge in [-0.25, -0.2) is 0 Å². The highest BCUT2D eigenvalue weighted by Gasteiger charge is 2.06. The Morgan fingerprint density at radius 3 is 2.23 bits per heavy atom. The molecule has 0 saturated carbocycles. The van der Waals surface area contributed by atoms with Crippen LogP contribution in [0.2, 0.25) is 0 Å². The normalized spacial score (nSPS) is 10.0. The maximum atomic E-state index is 11.8. The molecular formula is C18H19N3O5. The highest BCUT2D eigenvalue weighted by atomic mass is 16.6. The molecule has 0 aliphatic rings. The van der Waals surface area contributed by atoms with Gasteiger partial charge in [0.15, 0.2) is 0 Å². The summed E-state index contributed by atoms with van der Waals surface area (Å²) in [5.41, 5.74) is 1.41. The van der Waals surface area contributed by atoms with Gasteiger partial charge in [0.05, 0.1) is 4.92 Å². The highest BCUT2D eigenvalue weighted by molar-refractivity contribution is 5.88. The molecule has 26 heavy (non-hydrogen) atoms. The number of esters is 1. The van der Waals surface area contributed by atoms with E-state index in [-0.39, 0.29) is 24.0 Å². The molecule has 0 fully saturated rings. The largest absolute Gasteiger partial charge is 0.427 e. The number of nitrogens with one attached hydrogen (secondary N) is 2. The molecule has 2 aromatic carbocycles. The number of benzene rings is 2. The van der Waals surface area contributed by atoms with Crippen LogP contribution < -0.4 is 15.4 Å². The van der Waals surface area contributed by atoms with Gasteiger partial charge in [-0.2, -0.15) is 0 Å². The van der Waals surface area contributed by atoms with E-state index in [1.54, 1.807) is 36.4 Å². The third-order valence-electron chi connectivity index (χ3n) is 3.37. The predicted molar refractivity (Wildman–Crippen MR) is 97.2 cm³/mol. The smallest absolute Gasteiger partial charge is 0.311 e. The van der Waals surface area contributed by atoms with Crippen molar-refractivity contribution in [2.75, 3.05) is 17.2 Å². The number of anilines is 2. The first-order valence-electron chi connectivity index (χ1n) is 8.01. The van der Waals surface area contributed by atoms with Crippen molar-refractivity contribution in [2.24, 2.45) is 0 Å². The minimum atomic E-state index is -0.456. The molecule has 0 aliphatic heterocycles. The maximum absolute atomic E-state index is 11.8. The van der Waals surface area contributed by atoms with Gasteiger partial charge in [0, 0.05) is 43.4 Å². The van der Waals surface area contributed by atoms with Gasteiger partial charge in [0.25, 0.3) is 5.69 Å². The number of nitrogens with zero attached hydrogens (tertiary/aromatic N) is 1. The predicted octanol–water partition coefficient (Wildman–Crippen LogP) is 3.35. The summed E-state index contributed by atoms with van der Waals surface area (Å²) in [7, 11) is 0. The maximum Gasteiger partial charge on any atom is 0.311 e. The molecule has 0 unspecified atom stereocenters. The fraction of sp³-hybridized carbons (Fsp3) is 0.222. The van der Waals surface area contributed by atoms with Crippen LogP contribution in [0.4, 0.5) is 17.1 Å². The van der Waals surface area contributed by atoms with E-state index in [9.17, 15) is 19.7 Å². The molecule has 8 nitrogen and oxygen atoms in total. The highest BCUT2D eigenvalue weighted by Crippen LogP contribution is 2.17. The molecular weight excluding hydrogens is 338 g/mol. The van der Waals surface area contributed by atoms with Crippen molar-refractivity contribution >= 4 is 28.9 Å². The van der Waals surface area contributed by atoms with Crippen LogP contribution in [0, 0.1) is 10.1 Å². The number of carbonyl (C=O) groups is 2. The van der Waals surface area contributed by atoms with Crippen LogP contribution in [0.25, 0.3) is 0 Å². The molecule has 0 atom stereocenters. The lowest BCUT2D eigenvalue weighted by atomic mass is 10.2. The topological polar surface area (TPSA) is 111 Å². The molecule has 0 aliphatic carbocycles. The summed E-state index contributed by atoms with van der Waals surface area (Å²) in [5.74, 6) is -0.120. The number of ether oxygens (including phenoxy) is 1. The molecule has 0 heterocycles. The third-order valence-corrected chi connectivity index (χ3v) is 3.37. The Hall–Kier alpha value is -3.42. The Kier molecular flexibility index (Phi) is 6.67. The van der Waals surface area contributed by atoms with Crippen LogP contribution in [-0.4, -0.2) is 23.3 Å². The second kappa shape index (κ2) is 9.16. The summed E-state index contributed by atoms with van der Waals surface area (Å²) < 4.78 is 5.21. The minimum Gasteiger partial charge on any atom is -0.427 e. The number of hydrogen-bond donors (Lipinski definition) is 2. The number of rotatable bonds is 8. The summed E-state index contributed by atoms with van der Waals surface area (Å²) in [6.07, 6.45) is 0.785. The number of amides is 1. The lowest BCUT2D eigenvalue weighted by Crippen LogP contribution is -2.11. The first-order chi connectivity index (χ1) is 12.4. The lowest BCUT2D eigenvalue weighted by molar-refractivity contribution is -0.384. The standard InChI is InChI=1S/C18H19N3O5/c1-13(22)20-15-6-10-17(11-7-15)26-18(23)3-2-12-19-14-4-8-16(9-5-14)21(24)25/h4-11,19H,2-3,12H2,1H3,(H,20,22). The van der Waals surface area contributed by atoms with Crippen LogP contribution in [0.3, 0.4) is 0 Å². The van der Waals surface area contributed by atoms with Gasteiger partial charge in [-0.1, -0.05) is 0 Å². The van der Waals surface area contributed by atoms with Gasteiger partial charge < -0.3 is 15.4 Å². The van der Waals surface area contributed by atoms with Crippen molar-refractivity contribution in [2.45, 2.75) is 19.8 Å². The molecule has 2 rings (SSSR count). The summed E-state index contributed by atoms with van der Waals surface area (Å²) in [6, 6.07) is 12.6. The Labute approximate surface area is 150 Å². The Morgan fingerprint density at radius 1 is 1.04 bits per heavy atom. The van der Waals surface area contributed by atoms with Crippen LogP contribution in [0.1, 0.15) is 19.8 Å². The quantitative estimate of drug-likeness (QED) is 0.246. The molecule has 0 bridgehead atoms. The van der Waals surface area contributed by atoms with E-state index in [1.807, 2.05) is 0 Å². The van der Waals surface area contributed by atoms with Gasteiger partial charge in [-0.15, -0.1) is 0 Å². The molecule has 0 saturated heterocycles. The van der Waals surface area contributed by atoms with Crippen LogP contribution in [0.15, 0.2) is 48.5 Å². The van der Waals surface area contributed by atoms with E-state index < -0.39 is 4.92 Å². The first kappa shape index (κ1) is 18.9. The SMILES string of the molecule is CC(=O)Nc1ccc(OC(=O)CCCNc2ccc([N+](=O)[O-])cc2)cc1. The van der Waals surface area contributed by atoms with Gasteiger partial charge in [0.1, 0.15) is 5.75 Å². The average molecular weight is 357 g/mol. The molecule has 136 valence electrons. The number of hydrogen-bond acceptors (Lipinski definition) is 6. The van der Waals surface area contributed by atoms with Gasteiger partial charge in [-0.05, 0) is 42.8 Å². The zero-order valence-corrected chi connectivity index (χ0v) is 14.2. The minimum absolute atomic E-state index is 0.0312. The van der Waals surface area contributed by atoms with Crippen LogP contribution >= 0.6 is 0 Å². The number of carbonyl (C=O) groups excluding carboxylic acids is 2. The molecule has 0 radical (unpaired) electrons. The molecule has 2 N–H and O–H groups in total. The van der Waals surface area contributed by atoms with E-state index in [0.717, 1.165) is 5.69 Å². The number of nitro groups is 1. The van der Waals surface area contributed by atoms with Crippen molar-refractivity contribution < 1.29 is 19.2 Å². The summed E-state index contributed by atoms with van der Waals surface area (Å²) >= 11 is 0. The van der Waals surface area contributed by atoms with E-state index >= 15 is 0 Å². The second-order valence-corrected chi connectivity index (χ2v) is 5.51. The number of nitro benzene ring substituents is 1. The van der Waals surface area contributed by atoms with E-state index in [4.69, 9.17) is 4.74 Å². The van der Waals surface area contributed by atoms with E-state index in [1.165, 1.54) is 19.1 Å². The monoisotopic (exact) mass is 357 g/mol. The van der Waals surface area contributed by atoms with Crippen molar-refractivity contribution in [3.05, 3.63) is 58.6 Å². The molecule has 0 aromatic heterocycles. The van der Waals surface area contributed by atoms with Crippen molar-refractivity contribution in [3.8, 4) is 5.75 Å². The van der Waals surface area contributed by atoms with Gasteiger partial charge in [-0.3, -0.25) is 19.7 Å². The number of non-ortho nitro benzene ring substituents is 1. The zero-order chi connectivity index (χ0) is 18.9. The summed E-state index contributed by atoms with van der Waals surface area (Å²) in [4.78, 5) is 32.9. The van der Waals surface area contributed by atoms with Crippen molar-refractivity contribution in [1.82, 2.24) is 0 Å². The average Bonchev–Trinajstić information content (AvgIpc) is 2.60. The van der Waals surface area contributed by atoms with Crippen LogP contribution in [-0.2, 0) is 9.59 Å². The summed E-state index contributed by atoms with van der Waals surface area (Å²) in [5, 5.41) is 16.3. The van der Waals surface area contributed by atoms with Crippen molar-refractivity contribution in [1.29, 1.82) is 0 Å². The lowest BCUT2D eigenvalue weighted by Gasteiger charge is -2.07.